The molecular formula is C18H20ClFN2O2. The topological polar surface area (TPSA) is 64.4 Å². The highest BCUT2D eigenvalue weighted by Crippen LogP contribution is 2.28. The van der Waals surface area contributed by atoms with E-state index in [0.29, 0.717) is 11.3 Å². The summed E-state index contributed by atoms with van der Waals surface area (Å²) in [6.07, 6.45) is 1.63. The molecule has 1 heterocycles. The summed E-state index contributed by atoms with van der Waals surface area (Å²) in [5.74, 6) is 0.107. The molecule has 3 rings (SSSR count). The molecule has 1 aliphatic rings. The molecule has 1 fully saturated rings. The van der Waals surface area contributed by atoms with Gasteiger partial charge in [0.1, 0.15) is 18.2 Å². The SMILES string of the molecule is Cl.NC(=O)[C@H]1CC[C@@H](c2ccc(OCc3ccccc3F)cc2)N1. The molecule has 6 heteroatoms. The highest BCUT2D eigenvalue weighted by atomic mass is 35.5. The Bertz CT molecular complexity index is 694. The van der Waals surface area contributed by atoms with Gasteiger partial charge >= 0.3 is 0 Å². The van der Waals surface area contributed by atoms with Crippen LogP contribution in [-0.2, 0) is 11.4 Å². The van der Waals surface area contributed by atoms with E-state index in [4.69, 9.17) is 10.5 Å². The number of halogens is 2. The van der Waals surface area contributed by atoms with E-state index in [1.165, 1.54) is 6.07 Å². The summed E-state index contributed by atoms with van der Waals surface area (Å²) >= 11 is 0. The van der Waals surface area contributed by atoms with E-state index >= 15 is 0 Å². The molecule has 3 N–H and O–H groups in total. The number of nitrogens with one attached hydrogen (secondary N) is 1. The normalized spacial score (nSPS) is 19.5. The maximum Gasteiger partial charge on any atom is 0.234 e. The molecule has 0 unspecified atom stereocenters. The van der Waals surface area contributed by atoms with Gasteiger partial charge in [-0.3, -0.25) is 10.1 Å². The number of benzene rings is 2. The van der Waals surface area contributed by atoms with Gasteiger partial charge in [-0.05, 0) is 36.6 Å². The lowest BCUT2D eigenvalue weighted by atomic mass is 10.1. The van der Waals surface area contributed by atoms with E-state index in [9.17, 15) is 9.18 Å². The smallest absolute Gasteiger partial charge is 0.234 e. The lowest BCUT2D eigenvalue weighted by Crippen LogP contribution is -2.37. The van der Waals surface area contributed by atoms with Crippen LogP contribution < -0.4 is 15.8 Å². The molecule has 1 aliphatic heterocycles. The molecule has 2 aromatic carbocycles. The highest BCUT2D eigenvalue weighted by molar-refractivity contribution is 5.85. The van der Waals surface area contributed by atoms with Gasteiger partial charge in [0, 0.05) is 11.6 Å². The zero-order chi connectivity index (χ0) is 16.2. The van der Waals surface area contributed by atoms with Gasteiger partial charge in [-0.2, -0.15) is 0 Å². The molecule has 1 amide bonds. The summed E-state index contributed by atoms with van der Waals surface area (Å²) in [6.45, 7) is 0.192. The fourth-order valence-corrected chi connectivity index (χ4v) is 2.80. The molecule has 2 aromatic rings. The Morgan fingerprint density at radius 1 is 1.17 bits per heavy atom. The second kappa shape index (κ2) is 8.13. The van der Waals surface area contributed by atoms with Crippen molar-refractivity contribution in [3.63, 3.8) is 0 Å². The summed E-state index contributed by atoms with van der Waals surface area (Å²) in [4.78, 5) is 11.2. The van der Waals surface area contributed by atoms with Crippen molar-refractivity contribution in [3.05, 3.63) is 65.5 Å². The molecule has 0 aliphatic carbocycles. The first-order valence-corrected chi connectivity index (χ1v) is 7.65. The third-order valence-corrected chi connectivity index (χ3v) is 4.12. The van der Waals surface area contributed by atoms with Gasteiger partial charge in [0.15, 0.2) is 0 Å². The molecule has 1 saturated heterocycles. The summed E-state index contributed by atoms with van der Waals surface area (Å²) in [5, 5.41) is 3.23. The largest absolute Gasteiger partial charge is 0.489 e. The third-order valence-electron chi connectivity index (χ3n) is 4.12. The summed E-state index contributed by atoms with van der Waals surface area (Å²) in [7, 11) is 0. The van der Waals surface area contributed by atoms with Crippen LogP contribution in [0, 0.1) is 5.82 Å². The van der Waals surface area contributed by atoms with Gasteiger partial charge < -0.3 is 10.5 Å². The molecule has 128 valence electrons. The maximum atomic E-state index is 13.5. The second-order valence-electron chi connectivity index (χ2n) is 5.70. The number of carbonyl (C=O) groups excluding carboxylic acids is 1. The minimum Gasteiger partial charge on any atom is -0.489 e. The number of primary amides is 1. The van der Waals surface area contributed by atoms with Crippen molar-refractivity contribution in [1.82, 2.24) is 5.32 Å². The van der Waals surface area contributed by atoms with Crippen LogP contribution in [0.2, 0.25) is 0 Å². The van der Waals surface area contributed by atoms with Gasteiger partial charge in [-0.1, -0.05) is 30.3 Å². The molecule has 4 nitrogen and oxygen atoms in total. The van der Waals surface area contributed by atoms with E-state index in [1.54, 1.807) is 18.2 Å². The highest BCUT2D eigenvalue weighted by Gasteiger charge is 2.28. The van der Waals surface area contributed by atoms with Gasteiger partial charge in [-0.15, -0.1) is 12.4 Å². The predicted molar refractivity (Wildman–Crippen MR) is 92.5 cm³/mol. The number of hydrogen-bond acceptors (Lipinski definition) is 3. The molecule has 2 atom stereocenters. The number of nitrogens with two attached hydrogens (primary N) is 1. The van der Waals surface area contributed by atoms with Crippen LogP contribution in [0.5, 0.6) is 5.75 Å². The van der Waals surface area contributed by atoms with Crippen molar-refractivity contribution in [2.75, 3.05) is 0 Å². The lowest BCUT2D eigenvalue weighted by molar-refractivity contribution is -0.119. The summed E-state index contributed by atoms with van der Waals surface area (Å²) in [5.41, 5.74) is 6.93. The lowest BCUT2D eigenvalue weighted by Gasteiger charge is -2.13. The zero-order valence-corrected chi connectivity index (χ0v) is 13.9. The fraction of sp³-hybridized carbons (Fsp3) is 0.278. The number of carbonyl (C=O) groups is 1. The number of hydrogen-bond donors (Lipinski definition) is 2. The van der Waals surface area contributed by atoms with Crippen molar-refractivity contribution in [2.45, 2.75) is 31.5 Å². The van der Waals surface area contributed by atoms with Crippen molar-refractivity contribution in [3.8, 4) is 5.75 Å². The first-order chi connectivity index (χ1) is 11.1. The van der Waals surface area contributed by atoms with Crippen LogP contribution in [0.25, 0.3) is 0 Å². The van der Waals surface area contributed by atoms with Crippen LogP contribution in [-0.4, -0.2) is 11.9 Å². The first-order valence-electron chi connectivity index (χ1n) is 7.65. The van der Waals surface area contributed by atoms with Crippen LogP contribution in [0.4, 0.5) is 4.39 Å². The van der Waals surface area contributed by atoms with Crippen LogP contribution in [0.15, 0.2) is 48.5 Å². The van der Waals surface area contributed by atoms with Crippen molar-refractivity contribution < 1.29 is 13.9 Å². The Labute approximate surface area is 146 Å². The van der Waals surface area contributed by atoms with Crippen LogP contribution in [0.3, 0.4) is 0 Å². The van der Waals surface area contributed by atoms with E-state index in [1.807, 2.05) is 24.3 Å². The van der Waals surface area contributed by atoms with Gasteiger partial charge in [0.2, 0.25) is 5.91 Å². The average Bonchev–Trinajstić information content (AvgIpc) is 3.05. The number of ether oxygens (including phenoxy) is 1. The molecule has 0 spiro atoms. The average molecular weight is 351 g/mol. The van der Waals surface area contributed by atoms with Gasteiger partial charge in [-0.25, -0.2) is 4.39 Å². The Morgan fingerprint density at radius 3 is 2.50 bits per heavy atom. The number of amides is 1. The Balaban J connectivity index is 0.00000208. The van der Waals surface area contributed by atoms with Crippen LogP contribution >= 0.6 is 12.4 Å². The molecule has 0 bridgehead atoms. The van der Waals surface area contributed by atoms with E-state index in [-0.39, 0.29) is 42.8 Å². The Morgan fingerprint density at radius 2 is 1.88 bits per heavy atom. The number of rotatable bonds is 5. The quantitative estimate of drug-likeness (QED) is 0.870. The zero-order valence-electron chi connectivity index (χ0n) is 13.1. The summed E-state index contributed by atoms with van der Waals surface area (Å²) in [6, 6.07) is 14.1. The third kappa shape index (κ3) is 4.24. The monoisotopic (exact) mass is 350 g/mol. The van der Waals surface area contributed by atoms with E-state index in [0.717, 1.165) is 18.4 Å². The summed E-state index contributed by atoms with van der Waals surface area (Å²) < 4.78 is 19.2. The van der Waals surface area contributed by atoms with Crippen molar-refractivity contribution in [1.29, 1.82) is 0 Å². The minimum absolute atomic E-state index is 0. The second-order valence-corrected chi connectivity index (χ2v) is 5.70. The molecule has 0 radical (unpaired) electrons. The van der Waals surface area contributed by atoms with Crippen molar-refractivity contribution in [2.24, 2.45) is 5.73 Å². The molecule has 0 aromatic heterocycles. The standard InChI is InChI=1S/C18H19FN2O2.ClH/c19-15-4-2-1-3-13(15)11-23-14-7-5-12(6-8-14)16-9-10-17(21-16)18(20)22;/h1-8,16-17,21H,9-11H2,(H2,20,22);1H/t16-,17+;/m0./s1. The minimum atomic E-state index is -0.308. The fourth-order valence-electron chi connectivity index (χ4n) is 2.80. The van der Waals surface area contributed by atoms with E-state index < -0.39 is 0 Å². The maximum absolute atomic E-state index is 13.5. The molecule has 0 saturated carbocycles. The molecular weight excluding hydrogens is 331 g/mol. The van der Waals surface area contributed by atoms with Crippen LogP contribution in [0.1, 0.15) is 30.0 Å². The van der Waals surface area contributed by atoms with E-state index in [2.05, 4.69) is 5.32 Å². The van der Waals surface area contributed by atoms with Crippen molar-refractivity contribution >= 4 is 18.3 Å². The predicted octanol–water partition coefficient (Wildman–Crippen LogP) is 3.10. The van der Waals surface area contributed by atoms with Gasteiger partial charge in [0.25, 0.3) is 0 Å². The first kappa shape index (κ1) is 18.2. The molecule has 24 heavy (non-hydrogen) atoms. The van der Waals surface area contributed by atoms with Gasteiger partial charge in [0.05, 0.1) is 6.04 Å². The Kier molecular flexibility index (Phi) is 6.17. The Hall–Kier alpha value is -2.11.